The molecule has 0 aliphatic carbocycles. The molecule has 0 fully saturated rings. The summed E-state index contributed by atoms with van der Waals surface area (Å²) in [6.45, 7) is 3.73. The first-order valence-electron chi connectivity index (χ1n) is 4.37. The third kappa shape index (κ3) is 0.990. The van der Waals surface area contributed by atoms with Crippen LogP contribution in [0.4, 0.5) is 11.4 Å². The molecule has 0 atom stereocenters. The molecule has 4 heteroatoms. The average Bonchev–Trinajstić information content (AvgIpc) is 2.38. The van der Waals surface area contributed by atoms with E-state index in [9.17, 15) is 4.79 Å². The van der Waals surface area contributed by atoms with Gasteiger partial charge in [0.2, 0.25) is 11.3 Å². The summed E-state index contributed by atoms with van der Waals surface area (Å²) >= 11 is 0. The zero-order valence-electron chi connectivity index (χ0n) is 8.03. The normalized spacial score (nSPS) is 17.1. The maximum atomic E-state index is 11.5. The van der Waals surface area contributed by atoms with Crippen molar-refractivity contribution < 1.29 is 4.79 Å². The Balaban J connectivity index is 2.61. The van der Waals surface area contributed by atoms with Crippen LogP contribution in [0.5, 0.6) is 0 Å². The van der Waals surface area contributed by atoms with Crippen LogP contribution in [0.3, 0.4) is 0 Å². The lowest BCUT2D eigenvalue weighted by atomic mass is 9.86. The van der Waals surface area contributed by atoms with Crippen molar-refractivity contribution in [3.63, 3.8) is 0 Å². The van der Waals surface area contributed by atoms with Crippen LogP contribution >= 0.6 is 0 Å². The Kier molecular flexibility index (Phi) is 1.58. The van der Waals surface area contributed by atoms with E-state index in [2.05, 4.69) is 10.3 Å². The van der Waals surface area contributed by atoms with Crippen LogP contribution in [0.1, 0.15) is 19.4 Å². The van der Waals surface area contributed by atoms with Crippen LogP contribution in [0.2, 0.25) is 0 Å². The van der Waals surface area contributed by atoms with Crippen LogP contribution in [-0.2, 0) is 10.2 Å². The van der Waals surface area contributed by atoms with Gasteiger partial charge in [-0.15, -0.1) is 0 Å². The minimum atomic E-state index is -0.497. The van der Waals surface area contributed by atoms with Crippen LogP contribution in [0.25, 0.3) is 4.98 Å². The summed E-state index contributed by atoms with van der Waals surface area (Å²) in [6, 6.07) is 5.14. The van der Waals surface area contributed by atoms with Crippen molar-refractivity contribution in [1.82, 2.24) is 0 Å². The third-order valence-electron chi connectivity index (χ3n) is 2.61. The van der Waals surface area contributed by atoms with E-state index in [1.54, 1.807) is 12.1 Å². The van der Waals surface area contributed by atoms with Crippen LogP contribution in [-0.4, -0.2) is 5.91 Å². The van der Waals surface area contributed by atoms with Gasteiger partial charge in [-0.25, -0.2) is 0 Å². The summed E-state index contributed by atoms with van der Waals surface area (Å²) < 4.78 is 0. The van der Waals surface area contributed by atoms with Crippen molar-refractivity contribution >= 4 is 17.3 Å². The molecule has 70 valence electrons. The quantitative estimate of drug-likeness (QED) is 0.635. The van der Waals surface area contributed by atoms with Crippen LogP contribution < -0.4 is 5.32 Å². The molecule has 0 saturated carbocycles. The molecule has 1 aliphatic rings. The standard InChI is InChI=1S/C10H9N3O/c1-10(2)7-4-3-6(13-11)5-8(7)12-9(10)14/h3-5H,1-2H3/p+1. The van der Waals surface area contributed by atoms with Gasteiger partial charge in [-0.3, -0.25) is 4.79 Å². The van der Waals surface area contributed by atoms with Crippen molar-refractivity contribution in [2.75, 3.05) is 5.32 Å². The summed E-state index contributed by atoms with van der Waals surface area (Å²) in [5.74, 6) is -0.0254. The van der Waals surface area contributed by atoms with Gasteiger partial charge in [-0.1, -0.05) is 0 Å². The number of anilines is 1. The number of carbonyl (C=O) groups excluding carboxylic acids is 1. The zero-order valence-corrected chi connectivity index (χ0v) is 8.03. The van der Waals surface area contributed by atoms with Crippen LogP contribution in [0.15, 0.2) is 18.2 Å². The second kappa shape index (κ2) is 2.55. The molecule has 1 aromatic rings. The van der Waals surface area contributed by atoms with Gasteiger partial charge in [0, 0.05) is 6.07 Å². The molecule has 0 bridgehead atoms. The molecule has 0 saturated heterocycles. The number of hydrogen-bond donors (Lipinski definition) is 1. The maximum absolute atomic E-state index is 11.5. The van der Waals surface area contributed by atoms with Gasteiger partial charge < -0.3 is 5.32 Å². The van der Waals surface area contributed by atoms with E-state index in [0.717, 1.165) is 11.3 Å². The molecule has 1 aliphatic heterocycles. The van der Waals surface area contributed by atoms with Crippen molar-refractivity contribution in [2.45, 2.75) is 19.3 Å². The predicted octanol–water partition coefficient (Wildman–Crippen LogP) is 2.40. The molecule has 0 spiro atoms. The van der Waals surface area contributed by atoms with E-state index >= 15 is 0 Å². The summed E-state index contributed by atoms with van der Waals surface area (Å²) in [5, 5.41) is 11.3. The molecule has 1 aromatic carbocycles. The SMILES string of the molecule is CC1(C)C(=O)Nc2cc([N+]#N)ccc21. The number of nitrogens with one attached hydrogen (secondary N) is 1. The summed E-state index contributed by atoms with van der Waals surface area (Å²) in [7, 11) is 0. The molecule has 0 unspecified atom stereocenters. The molecule has 4 nitrogen and oxygen atoms in total. The number of diazo groups is 1. The molecular weight excluding hydrogens is 178 g/mol. The van der Waals surface area contributed by atoms with Gasteiger partial charge in [-0.2, -0.15) is 0 Å². The lowest BCUT2D eigenvalue weighted by molar-refractivity contribution is -0.119. The Labute approximate surface area is 81.6 Å². The highest BCUT2D eigenvalue weighted by Crippen LogP contribution is 2.38. The predicted molar refractivity (Wildman–Crippen MR) is 52.8 cm³/mol. The van der Waals surface area contributed by atoms with Gasteiger partial charge in [0.05, 0.1) is 17.2 Å². The fourth-order valence-corrected chi connectivity index (χ4v) is 1.64. The van der Waals surface area contributed by atoms with Crippen molar-refractivity contribution in [2.24, 2.45) is 0 Å². The molecule has 1 N–H and O–H groups in total. The minimum absolute atomic E-state index is 0.0254. The third-order valence-corrected chi connectivity index (χ3v) is 2.61. The van der Waals surface area contributed by atoms with E-state index in [-0.39, 0.29) is 5.91 Å². The largest absolute Gasteiger partial charge is 0.387 e. The Morgan fingerprint density at radius 3 is 2.79 bits per heavy atom. The van der Waals surface area contributed by atoms with Crippen molar-refractivity contribution in [3.05, 3.63) is 28.7 Å². The summed E-state index contributed by atoms with van der Waals surface area (Å²) in [4.78, 5) is 14.6. The Morgan fingerprint density at radius 1 is 1.43 bits per heavy atom. The van der Waals surface area contributed by atoms with E-state index in [1.807, 2.05) is 19.9 Å². The number of fused-ring (bicyclic) bond motifs is 1. The molecule has 0 radical (unpaired) electrons. The number of amides is 1. The fourth-order valence-electron chi connectivity index (χ4n) is 1.64. The van der Waals surface area contributed by atoms with Gasteiger partial charge in [0.25, 0.3) is 0 Å². The number of benzene rings is 1. The smallest absolute Gasteiger partial charge is 0.325 e. The van der Waals surface area contributed by atoms with Gasteiger partial charge >= 0.3 is 5.69 Å². The molecule has 0 aromatic heterocycles. The molecular formula is C10H10N3O+. The number of carbonyl (C=O) groups is 1. The van der Waals surface area contributed by atoms with Gasteiger partial charge in [-0.05, 0) is 25.5 Å². The lowest BCUT2D eigenvalue weighted by Gasteiger charge is -2.13. The molecule has 2 rings (SSSR count). The number of hydrogen-bond acceptors (Lipinski definition) is 2. The monoisotopic (exact) mass is 188 g/mol. The second-order valence-corrected chi connectivity index (χ2v) is 3.91. The average molecular weight is 188 g/mol. The number of rotatable bonds is 0. The van der Waals surface area contributed by atoms with Crippen LogP contribution in [0, 0.1) is 5.39 Å². The highest BCUT2D eigenvalue weighted by molar-refractivity contribution is 6.06. The minimum Gasteiger partial charge on any atom is -0.325 e. The summed E-state index contributed by atoms with van der Waals surface area (Å²) in [5.41, 5.74) is 1.62. The molecule has 1 heterocycles. The first kappa shape index (κ1) is 8.70. The summed E-state index contributed by atoms with van der Waals surface area (Å²) in [6.07, 6.45) is 0. The maximum Gasteiger partial charge on any atom is 0.387 e. The fraction of sp³-hybridized carbons (Fsp3) is 0.300. The van der Waals surface area contributed by atoms with Crippen molar-refractivity contribution in [3.8, 4) is 0 Å². The van der Waals surface area contributed by atoms with E-state index in [4.69, 9.17) is 5.39 Å². The highest BCUT2D eigenvalue weighted by atomic mass is 16.2. The first-order chi connectivity index (χ1) is 6.55. The van der Waals surface area contributed by atoms with Crippen molar-refractivity contribution in [1.29, 1.82) is 5.39 Å². The Morgan fingerprint density at radius 2 is 2.14 bits per heavy atom. The van der Waals surface area contributed by atoms with E-state index < -0.39 is 5.41 Å². The lowest BCUT2D eigenvalue weighted by Crippen LogP contribution is -2.26. The second-order valence-electron chi connectivity index (χ2n) is 3.91. The molecule has 1 amide bonds. The molecule has 14 heavy (non-hydrogen) atoms. The first-order valence-corrected chi connectivity index (χ1v) is 4.37. The highest BCUT2D eigenvalue weighted by Gasteiger charge is 2.38. The van der Waals surface area contributed by atoms with E-state index in [0.29, 0.717) is 5.69 Å². The van der Waals surface area contributed by atoms with Gasteiger partial charge in [0.15, 0.2) is 4.98 Å². The number of nitrogens with zero attached hydrogens (tertiary/aromatic N) is 2. The topological polar surface area (TPSA) is 57.2 Å². The van der Waals surface area contributed by atoms with Gasteiger partial charge in [0.1, 0.15) is 0 Å². The Hall–Kier alpha value is -1.89. The van der Waals surface area contributed by atoms with E-state index in [1.165, 1.54) is 0 Å². The zero-order chi connectivity index (χ0) is 10.3. The Bertz CT molecular complexity index is 457.